The van der Waals surface area contributed by atoms with E-state index in [1.165, 1.54) is 19.0 Å². The summed E-state index contributed by atoms with van der Waals surface area (Å²) in [6.07, 6.45) is 6.78. The molecule has 12 nitrogen and oxygen atoms in total. The van der Waals surface area contributed by atoms with Crippen molar-refractivity contribution in [3.8, 4) is 0 Å². The van der Waals surface area contributed by atoms with Crippen LogP contribution in [0, 0.1) is 0 Å². The fourth-order valence-electron chi connectivity index (χ4n) is 4.43. The normalized spacial score (nSPS) is 26.7. The Kier molecular flexibility index (Phi) is 10.7. The molecular weight excluding hydrogens is 514 g/mol. The van der Waals surface area contributed by atoms with E-state index in [-0.39, 0.29) is 12.3 Å². The Hall–Kier alpha value is -2.67. The summed E-state index contributed by atoms with van der Waals surface area (Å²) in [6.45, 7) is 7.19. The molecule has 0 unspecified atom stereocenters. The van der Waals surface area contributed by atoms with Gasteiger partial charge in [-0.2, -0.15) is 12.7 Å². The van der Waals surface area contributed by atoms with E-state index in [4.69, 9.17) is 4.74 Å². The topological polar surface area (TPSA) is 154 Å². The predicted octanol–water partition coefficient (Wildman–Crippen LogP) is 1.58. The van der Waals surface area contributed by atoms with Crippen LogP contribution < -0.4 is 15.4 Å². The van der Waals surface area contributed by atoms with Crippen molar-refractivity contribution >= 4 is 34.0 Å². The molecule has 0 saturated carbocycles. The third-order valence-electron chi connectivity index (χ3n) is 6.61. The summed E-state index contributed by atoms with van der Waals surface area (Å²) in [4.78, 5) is 54.3. The molecule has 0 aromatic heterocycles. The van der Waals surface area contributed by atoms with Crippen LogP contribution in [0.3, 0.4) is 0 Å². The lowest BCUT2D eigenvalue weighted by Gasteiger charge is -2.34. The highest BCUT2D eigenvalue weighted by Crippen LogP contribution is 2.24. The molecular formula is C25H43N5O7S. The van der Waals surface area contributed by atoms with Crippen LogP contribution >= 0.6 is 0 Å². The molecule has 2 heterocycles. The number of nitrogens with zero attached hydrogens (tertiary/aromatic N) is 2. The van der Waals surface area contributed by atoms with Crippen LogP contribution in [-0.2, 0) is 29.3 Å². The SMILES string of the molecule is CC[C@]1(C(=O)NS(=O)(=O)N(C)C)/C=C\CCCCC[C@H](NC(=O)OC(C)(C)C)C(=O)N2CCC[C@H]2C(=O)N1. The minimum absolute atomic E-state index is 0.0908. The van der Waals surface area contributed by atoms with Crippen molar-refractivity contribution in [2.75, 3.05) is 20.6 Å². The van der Waals surface area contributed by atoms with Crippen molar-refractivity contribution in [1.82, 2.24) is 24.6 Å². The highest BCUT2D eigenvalue weighted by atomic mass is 32.2. The molecule has 2 rings (SSSR count). The Morgan fingerprint density at radius 3 is 2.45 bits per heavy atom. The predicted molar refractivity (Wildman–Crippen MR) is 142 cm³/mol. The molecule has 0 bridgehead atoms. The van der Waals surface area contributed by atoms with Gasteiger partial charge in [0.25, 0.3) is 5.91 Å². The van der Waals surface area contributed by atoms with Crippen molar-refractivity contribution in [2.24, 2.45) is 0 Å². The van der Waals surface area contributed by atoms with Crippen LogP contribution in [-0.4, -0.2) is 85.3 Å². The van der Waals surface area contributed by atoms with Gasteiger partial charge in [-0.1, -0.05) is 31.9 Å². The zero-order valence-electron chi connectivity index (χ0n) is 23.3. The van der Waals surface area contributed by atoms with Crippen LogP contribution in [0.1, 0.15) is 79.1 Å². The number of hydrogen-bond acceptors (Lipinski definition) is 7. The standard InChI is InChI=1S/C25H43N5O7S/c1-7-25(22(33)28-38(35,36)29(5)6)16-12-10-8-9-11-14-18(26-23(34)37-24(2,3)4)21(32)30-17-13-15-19(30)20(31)27-25/h12,16,18-19H,7-11,13-15,17H2,1-6H3,(H,26,34)(H,27,31)(H,28,33)/b16-12-/t18-,19-,25+/m0/s1. The molecule has 13 heteroatoms. The Morgan fingerprint density at radius 1 is 1.16 bits per heavy atom. The Bertz CT molecular complexity index is 1020. The Balaban J connectivity index is 2.37. The summed E-state index contributed by atoms with van der Waals surface area (Å²) in [6, 6.07) is -1.73. The molecule has 216 valence electrons. The van der Waals surface area contributed by atoms with E-state index >= 15 is 0 Å². The fraction of sp³-hybridized carbons (Fsp3) is 0.760. The molecule has 1 saturated heterocycles. The fourth-order valence-corrected chi connectivity index (χ4v) is 5.02. The number of alkyl carbamates (subject to hydrolysis) is 1. The van der Waals surface area contributed by atoms with Crippen molar-refractivity contribution in [1.29, 1.82) is 0 Å². The van der Waals surface area contributed by atoms with E-state index in [9.17, 15) is 27.6 Å². The van der Waals surface area contributed by atoms with Gasteiger partial charge in [0.15, 0.2) is 0 Å². The maximum atomic E-state index is 13.6. The second-order valence-electron chi connectivity index (χ2n) is 11.0. The smallest absolute Gasteiger partial charge is 0.408 e. The van der Waals surface area contributed by atoms with Crippen LogP contribution in [0.25, 0.3) is 0 Å². The van der Waals surface area contributed by atoms with E-state index in [2.05, 4.69) is 10.6 Å². The van der Waals surface area contributed by atoms with Crippen molar-refractivity contribution in [3.05, 3.63) is 12.2 Å². The van der Waals surface area contributed by atoms with E-state index in [1.54, 1.807) is 39.8 Å². The third-order valence-corrected chi connectivity index (χ3v) is 8.01. The van der Waals surface area contributed by atoms with Crippen LogP contribution in [0.15, 0.2) is 12.2 Å². The minimum Gasteiger partial charge on any atom is -0.444 e. The molecule has 0 aliphatic carbocycles. The van der Waals surface area contributed by atoms with Gasteiger partial charge in [0.05, 0.1) is 0 Å². The highest BCUT2D eigenvalue weighted by molar-refractivity contribution is 7.87. The van der Waals surface area contributed by atoms with Gasteiger partial charge < -0.3 is 20.3 Å². The van der Waals surface area contributed by atoms with Crippen LogP contribution in [0.2, 0.25) is 0 Å². The second kappa shape index (κ2) is 12.9. The first-order valence-electron chi connectivity index (χ1n) is 13.2. The number of hydrogen-bond donors (Lipinski definition) is 3. The largest absolute Gasteiger partial charge is 0.444 e. The van der Waals surface area contributed by atoms with E-state index in [1.807, 2.05) is 4.72 Å². The molecule has 1 fully saturated rings. The van der Waals surface area contributed by atoms with E-state index in [0.717, 1.165) is 17.1 Å². The van der Waals surface area contributed by atoms with Crippen molar-refractivity contribution < 1.29 is 32.3 Å². The number of nitrogens with one attached hydrogen (secondary N) is 3. The maximum absolute atomic E-state index is 13.6. The van der Waals surface area contributed by atoms with E-state index < -0.39 is 51.3 Å². The third kappa shape index (κ3) is 8.42. The summed E-state index contributed by atoms with van der Waals surface area (Å²) in [7, 11) is -1.52. The Labute approximate surface area is 226 Å². The van der Waals surface area contributed by atoms with Gasteiger partial charge in [0.1, 0.15) is 23.2 Å². The first-order valence-corrected chi connectivity index (χ1v) is 14.6. The molecule has 2 aliphatic rings. The molecule has 4 amide bonds. The lowest BCUT2D eigenvalue weighted by Crippen LogP contribution is -2.62. The molecule has 3 atom stereocenters. The number of amides is 4. The first kappa shape index (κ1) is 31.5. The lowest BCUT2D eigenvalue weighted by molar-refractivity contribution is -0.141. The molecule has 3 N–H and O–H groups in total. The summed E-state index contributed by atoms with van der Waals surface area (Å²) < 4.78 is 33.0. The average Bonchev–Trinajstić information content (AvgIpc) is 3.29. The number of allylic oxidation sites excluding steroid dienone is 1. The zero-order chi connectivity index (χ0) is 28.7. The number of fused-ring (bicyclic) bond motifs is 1. The Morgan fingerprint density at radius 2 is 1.84 bits per heavy atom. The monoisotopic (exact) mass is 557 g/mol. The summed E-state index contributed by atoms with van der Waals surface area (Å²) in [5, 5.41) is 5.43. The maximum Gasteiger partial charge on any atom is 0.408 e. The average molecular weight is 558 g/mol. The van der Waals surface area contributed by atoms with Gasteiger partial charge in [-0.15, -0.1) is 0 Å². The number of rotatable bonds is 5. The summed E-state index contributed by atoms with van der Waals surface area (Å²) in [5.74, 6) is -1.83. The zero-order valence-corrected chi connectivity index (χ0v) is 24.2. The van der Waals surface area contributed by atoms with Gasteiger partial charge in [0, 0.05) is 20.6 Å². The molecule has 0 aromatic rings. The van der Waals surface area contributed by atoms with Crippen LogP contribution in [0.4, 0.5) is 4.79 Å². The van der Waals surface area contributed by atoms with Gasteiger partial charge in [-0.3, -0.25) is 14.4 Å². The lowest BCUT2D eigenvalue weighted by atomic mass is 9.92. The number of ether oxygens (including phenoxy) is 1. The quantitative estimate of drug-likeness (QED) is 0.434. The van der Waals surface area contributed by atoms with Crippen molar-refractivity contribution in [3.63, 3.8) is 0 Å². The van der Waals surface area contributed by atoms with Crippen LogP contribution in [0.5, 0.6) is 0 Å². The molecule has 0 radical (unpaired) electrons. The van der Waals surface area contributed by atoms with Gasteiger partial charge in [-0.25, -0.2) is 9.52 Å². The molecule has 0 aromatic carbocycles. The van der Waals surface area contributed by atoms with Gasteiger partial charge in [0.2, 0.25) is 11.8 Å². The second-order valence-corrected chi connectivity index (χ2v) is 12.8. The number of carbonyl (C=O) groups is 4. The number of carbonyl (C=O) groups excluding carboxylic acids is 4. The minimum atomic E-state index is -4.10. The summed E-state index contributed by atoms with van der Waals surface area (Å²) in [5.41, 5.74) is -2.36. The van der Waals surface area contributed by atoms with Gasteiger partial charge >= 0.3 is 16.3 Å². The van der Waals surface area contributed by atoms with E-state index in [0.29, 0.717) is 38.6 Å². The van der Waals surface area contributed by atoms with Gasteiger partial charge in [-0.05, 0) is 59.3 Å². The molecule has 2 aliphatic heterocycles. The molecule has 38 heavy (non-hydrogen) atoms. The highest BCUT2D eigenvalue weighted by Gasteiger charge is 2.43. The summed E-state index contributed by atoms with van der Waals surface area (Å²) >= 11 is 0. The first-order chi connectivity index (χ1) is 17.6. The van der Waals surface area contributed by atoms with Crippen molar-refractivity contribution in [2.45, 2.75) is 102 Å². The molecule has 0 spiro atoms.